The first-order chi connectivity index (χ1) is 14.7. The molecule has 0 bridgehead atoms. The molecule has 1 unspecified atom stereocenters. The van der Waals surface area contributed by atoms with Crippen LogP contribution in [0.15, 0.2) is 67.0 Å². The van der Waals surface area contributed by atoms with Gasteiger partial charge < -0.3 is 11.1 Å². The third-order valence-corrected chi connectivity index (χ3v) is 6.32. The van der Waals surface area contributed by atoms with Gasteiger partial charge in [-0.25, -0.2) is 0 Å². The van der Waals surface area contributed by atoms with Crippen molar-refractivity contribution in [2.45, 2.75) is 31.2 Å². The van der Waals surface area contributed by atoms with E-state index in [1.807, 2.05) is 30.3 Å². The number of carbonyl (C=O) groups is 1. The van der Waals surface area contributed by atoms with E-state index in [1.165, 1.54) is 12.8 Å². The minimum Gasteiger partial charge on any atom is -0.368 e. The Kier molecular flexibility index (Phi) is 6.41. The monoisotopic (exact) mass is 402 g/mol. The van der Waals surface area contributed by atoms with Crippen molar-refractivity contribution in [3.05, 3.63) is 78.1 Å². The topological polar surface area (TPSA) is 80.0 Å². The first-order valence-electron chi connectivity index (χ1n) is 10.8. The van der Waals surface area contributed by atoms with Gasteiger partial charge in [-0.3, -0.25) is 15.1 Å². The minimum atomic E-state index is -0.960. The molecule has 30 heavy (non-hydrogen) atoms. The van der Waals surface area contributed by atoms with Crippen molar-refractivity contribution in [1.29, 1.82) is 0 Å². The van der Waals surface area contributed by atoms with E-state index in [0.717, 1.165) is 48.0 Å². The Balaban J connectivity index is 1.66. The van der Waals surface area contributed by atoms with Gasteiger partial charge in [0.2, 0.25) is 5.91 Å². The lowest BCUT2D eigenvalue weighted by atomic mass is 9.81. The van der Waals surface area contributed by atoms with E-state index in [1.54, 1.807) is 12.4 Å². The Morgan fingerprint density at radius 2 is 1.80 bits per heavy atom. The molecular formula is C25H30N4O. The number of hydrogen-bond acceptors (Lipinski definition) is 4. The van der Waals surface area contributed by atoms with Crippen LogP contribution in [0.5, 0.6) is 0 Å². The van der Waals surface area contributed by atoms with Crippen molar-refractivity contribution in [1.82, 2.24) is 15.6 Å². The van der Waals surface area contributed by atoms with Gasteiger partial charge in [0.05, 0.1) is 0 Å². The molecule has 156 valence electrons. The number of fused-ring (bicyclic) bond motifs is 1. The fourth-order valence-corrected chi connectivity index (χ4v) is 4.50. The molecule has 1 aliphatic heterocycles. The zero-order valence-corrected chi connectivity index (χ0v) is 17.3. The number of nitrogens with zero attached hydrogens (tertiary/aromatic N) is 1. The van der Waals surface area contributed by atoms with Crippen molar-refractivity contribution in [2.24, 2.45) is 11.7 Å². The van der Waals surface area contributed by atoms with E-state index in [-0.39, 0.29) is 5.91 Å². The highest BCUT2D eigenvalue weighted by atomic mass is 16.1. The normalized spacial score (nSPS) is 16.9. The van der Waals surface area contributed by atoms with Crippen molar-refractivity contribution in [2.75, 3.05) is 19.6 Å². The van der Waals surface area contributed by atoms with E-state index in [0.29, 0.717) is 12.3 Å². The van der Waals surface area contributed by atoms with E-state index < -0.39 is 5.54 Å². The Morgan fingerprint density at radius 1 is 1.07 bits per heavy atom. The number of amides is 1. The molecule has 1 amide bonds. The maximum absolute atomic E-state index is 13.0. The van der Waals surface area contributed by atoms with Crippen LogP contribution >= 0.6 is 0 Å². The predicted octanol–water partition coefficient (Wildman–Crippen LogP) is 3.14. The number of nitrogens with two attached hydrogens (primary N) is 1. The molecule has 5 nitrogen and oxygen atoms in total. The highest BCUT2D eigenvalue weighted by Crippen LogP contribution is 2.29. The maximum Gasteiger partial charge on any atom is 0.242 e. The van der Waals surface area contributed by atoms with Crippen LogP contribution in [0.4, 0.5) is 0 Å². The summed E-state index contributed by atoms with van der Waals surface area (Å²) in [6.07, 6.45) is 7.43. The lowest BCUT2D eigenvalue weighted by molar-refractivity contribution is -0.124. The summed E-state index contributed by atoms with van der Waals surface area (Å²) < 4.78 is 0. The van der Waals surface area contributed by atoms with Crippen LogP contribution in [0.3, 0.4) is 0 Å². The second kappa shape index (κ2) is 9.37. The molecule has 1 aromatic heterocycles. The third kappa shape index (κ3) is 4.53. The molecule has 0 aliphatic carbocycles. The number of pyridine rings is 1. The molecule has 1 aliphatic rings. The van der Waals surface area contributed by atoms with E-state index in [9.17, 15) is 4.79 Å². The first-order valence-corrected chi connectivity index (χ1v) is 10.8. The lowest BCUT2D eigenvalue weighted by Crippen LogP contribution is -2.54. The van der Waals surface area contributed by atoms with Gasteiger partial charge in [0.15, 0.2) is 0 Å². The lowest BCUT2D eigenvalue weighted by Gasteiger charge is -2.34. The van der Waals surface area contributed by atoms with E-state index in [4.69, 9.17) is 5.73 Å². The smallest absolute Gasteiger partial charge is 0.242 e. The summed E-state index contributed by atoms with van der Waals surface area (Å²) in [4.78, 5) is 17.1. The Labute approximate surface area is 178 Å². The van der Waals surface area contributed by atoms with Gasteiger partial charge in [-0.15, -0.1) is 0 Å². The number of rotatable bonds is 8. The molecule has 0 radical (unpaired) electrons. The second-order valence-corrected chi connectivity index (χ2v) is 8.27. The van der Waals surface area contributed by atoms with Gasteiger partial charge in [-0.05, 0) is 84.9 Å². The Morgan fingerprint density at radius 3 is 2.53 bits per heavy atom. The molecule has 1 saturated heterocycles. The standard InChI is InChI=1S/C25H30N4O/c26-24(30)25(18-20-9-14-28-15-10-20,29-16-11-19-7-12-27-13-8-19)23-6-5-21-3-1-2-4-22(21)17-23/h1-6,9-10,14-15,17,19,27,29H,7-8,11-13,16,18H2,(H2,26,30). The zero-order chi connectivity index (χ0) is 20.8. The van der Waals surface area contributed by atoms with Crippen molar-refractivity contribution in [3.8, 4) is 0 Å². The molecule has 3 aromatic rings. The minimum absolute atomic E-state index is 0.347. The number of hydrogen-bond donors (Lipinski definition) is 3. The first kappa shape index (κ1) is 20.5. The summed E-state index contributed by atoms with van der Waals surface area (Å²) in [5.74, 6) is 0.335. The second-order valence-electron chi connectivity index (χ2n) is 8.27. The molecule has 1 fully saturated rings. The number of piperidine rings is 1. The number of aromatic nitrogens is 1. The van der Waals surface area contributed by atoms with Gasteiger partial charge in [0.1, 0.15) is 5.54 Å². The van der Waals surface area contributed by atoms with Crippen LogP contribution in [-0.4, -0.2) is 30.5 Å². The summed E-state index contributed by atoms with van der Waals surface area (Å²) in [6, 6.07) is 18.3. The fourth-order valence-electron chi connectivity index (χ4n) is 4.50. The zero-order valence-electron chi connectivity index (χ0n) is 17.3. The molecule has 2 aromatic carbocycles. The fraction of sp³-hybridized carbons (Fsp3) is 0.360. The quantitative estimate of drug-likeness (QED) is 0.541. The molecule has 0 spiro atoms. The number of nitrogens with one attached hydrogen (secondary N) is 2. The summed E-state index contributed by atoms with van der Waals surface area (Å²) in [7, 11) is 0. The Bertz CT molecular complexity index is 985. The summed E-state index contributed by atoms with van der Waals surface area (Å²) in [5, 5.41) is 9.27. The maximum atomic E-state index is 13.0. The molecule has 1 atom stereocenters. The van der Waals surface area contributed by atoms with Crippen LogP contribution in [0.2, 0.25) is 0 Å². The average Bonchev–Trinajstić information content (AvgIpc) is 2.79. The van der Waals surface area contributed by atoms with Gasteiger partial charge in [-0.2, -0.15) is 0 Å². The molecule has 0 saturated carbocycles. The van der Waals surface area contributed by atoms with Crippen LogP contribution in [0.1, 0.15) is 30.4 Å². The van der Waals surface area contributed by atoms with Gasteiger partial charge in [0.25, 0.3) is 0 Å². The van der Waals surface area contributed by atoms with Crippen LogP contribution in [0.25, 0.3) is 10.8 Å². The molecular weight excluding hydrogens is 372 g/mol. The molecule has 4 rings (SSSR count). The van der Waals surface area contributed by atoms with Crippen molar-refractivity contribution >= 4 is 16.7 Å². The Hall–Kier alpha value is -2.76. The van der Waals surface area contributed by atoms with Gasteiger partial charge in [-0.1, -0.05) is 36.4 Å². The molecule has 4 N–H and O–H groups in total. The summed E-state index contributed by atoms with van der Waals surface area (Å²) in [6.45, 7) is 2.91. The average molecular weight is 403 g/mol. The van der Waals surface area contributed by atoms with Crippen molar-refractivity contribution in [3.63, 3.8) is 0 Å². The van der Waals surface area contributed by atoms with Gasteiger partial charge in [0, 0.05) is 18.8 Å². The predicted molar refractivity (Wildman–Crippen MR) is 121 cm³/mol. The highest BCUT2D eigenvalue weighted by Gasteiger charge is 2.38. The summed E-state index contributed by atoms with van der Waals surface area (Å²) in [5.41, 5.74) is 7.07. The number of carbonyl (C=O) groups excluding carboxylic acids is 1. The van der Waals surface area contributed by atoms with Gasteiger partial charge >= 0.3 is 0 Å². The molecule has 2 heterocycles. The summed E-state index contributed by atoms with van der Waals surface area (Å²) >= 11 is 0. The number of benzene rings is 2. The largest absolute Gasteiger partial charge is 0.368 e. The van der Waals surface area contributed by atoms with Crippen molar-refractivity contribution < 1.29 is 4.79 Å². The molecule has 5 heteroatoms. The van der Waals surface area contributed by atoms with Crippen LogP contribution in [0, 0.1) is 5.92 Å². The SMILES string of the molecule is NC(=O)C(Cc1ccncc1)(NCCC1CCNCC1)c1ccc2ccccc2c1. The highest BCUT2D eigenvalue weighted by molar-refractivity contribution is 5.90. The van der Waals surface area contributed by atoms with E-state index in [2.05, 4.69) is 39.9 Å². The third-order valence-electron chi connectivity index (χ3n) is 6.32. The van der Waals surface area contributed by atoms with Crippen LogP contribution < -0.4 is 16.4 Å². The van der Waals surface area contributed by atoms with Crippen LogP contribution in [-0.2, 0) is 16.8 Å². The van der Waals surface area contributed by atoms with E-state index >= 15 is 0 Å². The number of primary amides is 1.